The van der Waals surface area contributed by atoms with Crippen LogP contribution in [0.2, 0.25) is 0 Å². The molecule has 0 unspecified atom stereocenters. The molecule has 1 saturated carbocycles. The molecule has 5 rings (SSSR count). The van der Waals surface area contributed by atoms with Crippen LogP contribution in [0.25, 0.3) is 0 Å². The van der Waals surface area contributed by atoms with E-state index < -0.39 is 15.9 Å². The van der Waals surface area contributed by atoms with Gasteiger partial charge in [0.05, 0.1) is 5.56 Å². The van der Waals surface area contributed by atoms with Crippen LogP contribution < -0.4 is 4.90 Å². The summed E-state index contributed by atoms with van der Waals surface area (Å²) >= 11 is 1.47. The maximum atomic E-state index is 12.7. The lowest BCUT2D eigenvalue weighted by molar-refractivity contribution is 0.0876. The van der Waals surface area contributed by atoms with Crippen molar-refractivity contribution in [3.63, 3.8) is 0 Å². The maximum Gasteiger partial charge on any atom is 0.269 e. The van der Waals surface area contributed by atoms with Crippen molar-refractivity contribution in [1.29, 1.82) is 0 Å². The molecule has 0 atom stereocenters. The molecule has 154 valence electrons. The number of fused-ring (bicyclic) bond motifs is 1. The third-order valence-corrected chi connectivity index (χ3v) is 8.40. The van der Waals surface area contributed by atoms with E-state index in [-0.39, 0.29) is 17.0 Å². The Morgan fingerprint density at radius 2 is 1.83 bits per heavy atom. The average molecular weight is 434 g/mol. The highest BCUT2D eigenvalue weighted by Gasteiger charge is 2.40. The van der Waals surface area contributed by atoms with Gasteiger partial charge in [0.2, 0.25) is 5.95 Å². The largest absolute Gasteiger partial charge is 0.341 e. The Hall–Kier alpha value is -2.07. The van der Waals surface area contributed by atoms with E-state index in [2.05, 4.69) is 19.7 Å². The molecule has 1 aromatic carbocycles. The summed E-state index contributed by atoms with van der Waals surface area (Å²) in [5.41, 5.74) is 0.256. The number of carbonyl (C=O) groups excluding carboxylic acids is 1. The van der Waals surface area contributed by atoms with E-state index in [0.29, 0.717) is 11.8 Å². The van der Waals surface area contributed by atoms with Crippen molar-refractivity contribution in [3.05, 3.63) is 29.8 Å². The molecule has 1 aromatic heterocycles. The summed E-state index contributed by atoms with van der Waals surface area (Å²) in [7, 11) is -3.76. The molecule has 2 aliphatic heterocycles. The van der Waals surface area contributed by atoms with E-state index in [9.17, 15) is 13.2 Å². The van der Waals surface area contributed by atoms with E-state index in [1.54, 1.807) is 18.2 Å². The Morgan fingerprint density at radius 3 is 2.55 bits per heavy atom. The molecule has 8 nitrogen and oxygen atoms in total. The number of hydrogen-bond acceptors (Lipinski definition) is 7. The van der Waals surface area contributed by atoms with Crippen molar-refractivity contribution in [2.75, 3.05) is 30.3 Å². The Balaban J connectivity index is 1.30. The fourth-order valence-corrected chi connectivity index (χ4v) is 6.61. The van der Waals surface area contributed by atoms with Crippen LogP contribution in [0.5, 0.6) is 0 Å². The standard InChI is InChI=1S/C19H23N5O3S2/c25-17-15-6-2-3-7-16(15)29(26,27)23(17)12-13-28-19-21-20-18(24(19)14-8-9-14)22-10-4-1-5-11-22/h2-3,6-7,14H,1,4-5,8-13H2. The first-order valence-electron chi connectivity index (χ1n) is 10.1. The first-order valence-corrected chi connectivity index (χ1v) is 12.5. The third kappa shape index (κ3) is 3.31. The monoisotopic (exact) mass is 433 g/mol. The maximum absolute atomic E-state index is 12.7. The zero-order valence-electron chi connectivity index (χ0n) is 16.0. The van der Waals surface area contributed by atoms with Crippen molar-refractivity contribution in [2.45, 2.75) is 48.2 Å². The number of thioether (sulfide) groups is 1. The quantitative estimate of drug-likeness (QED) is 0.647. The van der Waals surface area contributed by atoms with Gasteiger partial charge in [0.1, 0.15) is 4.90 Å². The predicted octanol–water partition coefficient (Wildman–Crippen LogP) is 2.54. The van der Waals surface area contributed by atoms with Crippen LogP contribution in [0.1, 0.15) is 48.5 Å². The number of carbonyl (C=O) groups is 1. The second kappa shape index (κ2) is 7.32. The minimum atomic E-state index is -3.76. The molecule has 0 spiro atoms. The minimum absolute atomic E-state index is 0.100. The number of amides is 1. The topological polar surface area (TPSA) is 88.4 Å². The van der Waals surface area contributed by atoms with Crippen molar-refractivity contribution < 1.29 is 13.2 Å². The number of piperidine rings is 1. The van der Waals surface area contributed by atoms with Crippen LogP contribution in [0, 0.1) is 0 Å². The lowest BCUT2D eigenvalue weighted by Gasteiger charge is -2.27. The lowest BCUT2D eigenvalue weighted by atomic mass is 10.1. The number of rotatable bonds is 6. The smallest absolute Gasteiger partial charge is 0.269 e. The van der Waals surface area contributed by atoms with E-state index >= 15 is 0 Å². The van der Waals surface area contributed by atoms with Gasteiger partial charge in [-0.25, -0.2) is 12.7 Å². The van der Waals surface area contributed by atoms with Crippen molar-refractivity contribution in [3.8, 4) is 0 Å². The van der Waals surface area contributed by atoms with Gasteiger partial charge in [-0.05, 0) is 44.2 Å². The first-order chi connectivity index (χ1) is 14.1. The number of aromatic nitrogens is 3. The molecule has 29 heavy (non-hydrogen) atoms. The molecule has 1 aliphatic carbocycles. The normalized spacial score (nSPS) is 20.9. The van der Waals surface area contributed by atoms with E-state index in [0.717, 1.165) is 41.3 Å². The number of sulfonamides is 1. The summed E-state index contributed by atoms with van der Waals surface area (Å²) in [5.74, 6) is 0.940. The zero-order chi connectivity index (χ0) is 20.0. The second-order valence-electron chi connectivity index (χ2n) is 7.66. The molecule has 0 N–H and O–H groups in total. The highest BCUT2D eigenvalue weighted by atomic mass is 32.2. The fourth-order valence-electron chi connectivity index (χ4n) is 4.00. The summed E-state index contributed by atoms with van der Waals surface area (Å²) in [6, 6.07) is 6.82. The van der Waals surface area contributed by atoms with Gasteiger partial charge in [-0.1, -0.05) is 23.9 Å². The molecule has 3 heterocycles. The van der Waals surface area contributed by atoms with Crippen LogP contribution >= 0.6 is 11.8 Å². The Morgan fingerprint density at radius 1 is 1.07 bits per heavy atom. The summed E-state index contributed by atoms with van der Waals surface area (Å²) in [6.07, 6.45) is 5.86. The summed E-state index contributed by atoms with van der Waals surface area (Å²) in [5, 5.41) is 9.65. The fraction of sp³-hybridized carbons (Fsp3) is 0.526. The SMILES string of the molecule is O=C1c2ccccc2S(=O)(=O)N1CCSc1nnc(N2CCCCC2)n1C1CC1. The van der Waals surface area contributed by atoms with Gasteiger partial charge < -0.3 is 4.90 Å². The van der Waals surface area contributed by atoms with E-state index in [1.807, 2.05) is 0 Å². The summed E-state index contributed by atoms with van der Waals surface area (Å²) in [6.45, 7) is 2.14. The van der Waals surface area contributed by atoms with Crippen LogP contribution in [0.15, 0.2) is 34.3 Å². The van der Waals surface area contributed by atoms with Crippen LogP contribution in [0.4, 0.5) is 5.95 Å². The van der Waals surface area contributed by atoms with Gasteiger partial charge in [-0.15, -0.1) is 10.2 Å². The number of benzene rings is 1. The predicted molar refractivity (Wildman–Crippen MR) is 110 cm³/mol. The molecular weight excluding hydrogens is 410 g/mol. The van der Waals surface area contributed by atoms with Gasteiger partial charge in [0.25, 0.3) is 15.9 Å². The molecule has 3 aliphatic rings. The average Bonchev–Trinajstić information content (AvgIpc) is 3.46. The van der Waals surface area contributed by atoms with Crippen molar-refractivity contribution in [1.82, 2.24) is 19.1 Å². The van der Waals surface area contributed by atoms with Gasteiger partial charge >= 0.3 is 0 Å². The van der Waals surface area contributed by atoms with Crippen molar-refractivity contribution in [2.24, 2.45) is 0 Å². The zero-order valence-corrected chi connectivity index (χ0v) is 17.7. The molecule has 1 saturated heterocycles. The molecule has 0 bridgehead atoms. The Labute approximate surface area is 174 Å². The highest BCUT2D eigenvalue weighted by Crippen LogP contribution is 2.41. The third-order valence-electron chi connectivity index (χ3n) is 5.64. The van der Waals surface area contributed by atoms with Crippen molar-refractivity contribution >= 4 is 33.6 Å². The minimum Gasteiger partial charge on any atom is -0.341 e. The first kappa shape index (κ1) is 18.9. The molecule has 2 fully saturated rings. The van der Waals surface area contributed by atoms with Gasteiger partial charge in [-0.3, -0.25) is 9.36 Å². The molecule has 10 heteroatoms. The molecule has 0 radical (unpaired) electrons. The number of nitrogens with zero attached hydrogens (tertiary/aromatic N) is 5. The summed E-state index contributed by atoms with van der Waals surface area (Å²) in [4.78, 5) is 15.0. The van der Waals surface area contributed by atoms with Crippen LogP contribution in [-0.2, 0) is 10.0 Å². The Bertz CT molecular complexity index is 1040. The van der Waals surface area contributed by atoms with Crippen LogP contribution in [-0.4, -0.2) is 58.8 Å². The number of hydrogen-bond donors (Lipinski definition) is 0. The Kier molecular flexibility index (Phi) is 4.78. The van der Waals surface area contributed by atoms with Crippen LogP contribution in [0.3, 0.4) is 0 Å². The van der Waals surface area contributed by atoms with Gasteiger partial charge in [-0.2, -0.15) is 0 Å². The molecule has 1 amide bonds. The number of anilines is 1. The van der Waals surface area contributed by atoms with E-state index in [1.165, 1.54) is 37.1 Å². The van der Waals surface area contributed by atoms with E-state index in [4.69, 9.17) is 0 Å². The summed E-state index contributed by atoms with van der Waals surface area (Å²) < 4.78 is 28.6. The molecule has 2 aromatic rings. The lowest BCUT2D eigenvalue weighted by Crippen LogP contribution is -2.32. The van der Waals surface area contributed by atoms with Gasteiger partial charge in [0.15, 0.2) is 5.16 Å². The molecular formula is C19H23N5O3S2. The highest BCUT2D eigenvalue weighted by molar-refractivity contribution is 7.99. The second-order valence-corrected chi connectivity index (χ2v) is 10.6. The van der Waals surface area contributed by atoms with Gasteiger partial charge in [0, 0.05) is 31.4 Å².